The van der Waals surface area contributed by atoms with Crippen LogP contribution >= 0.6 is 24.0 Å². The Kier molecular flexibility index (Phi) is 2.44. The number of thiol groups is 1. The van der Waals surface area contributed by atoms with E-state index in [2.05, 4.69) is 12.6 Å². The summed E-state index contributed by atoms with van der Waals surface area (Å²) < 4.78 is 0.809. The molecule has 1 aromatic heterocycles. The van der Waals surface area contributed by atoms with Crippen LogP contribution in [0.3, 0.4) is 0 Å². The molecule has 2 aromatic rings. The van der Waals surface area contributed by atoms with Crippen molar-refractivity contribution in [2.45, 2.75) is 4.90 Å². The molecular weight excluding hydrogens is 219 g/mol. The van der Waals surface area contributed by atoms with Gasteiger partial charge in [-0.2, -0.15) is 0 Å². The van der Waals surface area contributed by atoms with Crippen LogP contribution in [0.25, 0.3) is 10.1 Å². The molecule has 0 unspecified atom stereocenters. The molecule has 14 heavy (non-hydrogen) atoms. The largest absolute Gasteiger partial charge is 0.499 e. The lowest BCUT2D eigenvalue weighted by molar-refractivity contribution is 0.425. The van der Waals surface area contributed by atoms with Crippen molar-refractivity contribution in [2.75, 3.05) is 0 Å². The minimum atomic E-state index is -1.53. The molecule has 0 spiro atoms. The molecule has 0 aliphatic carbocycles. The first-order valence-corrected chi connectivity index (χ1v) is 5.16. The van der Waals surface area contributed by atoms with Crippen LogP contribution in [0.1, 0.15) is 0 Å². The first-order valence-electron chi connectivity index (χ1n) is 3.89. The van der Waals surface area contributed by atoms with Gasteiger partial charge in [0.2, 0.25) is 0 Å². The Hall–Kier alpha value is -0.685. The molecule has 0 fully saturated rings. The summed E-state index contributed by atoms with van der Waals surface area (Å²) >= 11 is 5.32. The number of benzene rings is 1. The highest BCUT2D eigenvalue weighted by Gasteiger charge is 2.16. The second-order valence-electron chi connectivity index (χ2n) is 2.91. The maximum atomic E-state index is 9.25. The first kappa shape index (κ1) is 9.85. The average Bonchev–Trinajstić information content (AvgIpc) is 2.42. The molecule has 0 bridgehead atoms. The van der Waals surface area contributed by atoms with E-state index in [0.717, 1.165) is 10.1 Å². The molecule has 1 heterocycles. The van der Waals surface area contributed by atoms with Gasteiger partial charge in [-0.3, -0.25) is 0 Å². The van der Waals surface area contributed by atoms with Gasteiger partial charge in [0.25, 0.3) is 0 Å². The van der Waals surface area contributed by atoms with Gasteiger partial charge < -0.3 is 15.2 Å². The lowest BCUT2D eigenvalue weighted by Gasteiger charge is -2.02. The van der Waals surface area contributed by atoms with Crippen molar-refractivity contribution in [3.63, 3.8) is 0 Å². The van der Waals surface area contributed by atoms with E-state index in [1.165, 1.54) is 11.3 Å². The van der Waals surface area contributed by atoms with E-state index in [0.29, 0.717) is 10.4 Å². The molecule has 0 aliphatic heterocycles. The summed E-state index contributed by atoms with van der Waals surface area (Å²) in [6.45, 7) is 0. The maximum Gasteiger partial charge on any atom is 0.489 e. The van der Waals surface area contributed by atoms with Crippen LogP contribution in [0.15, 0.2) is 23.1 Å². The smallest absolute Gasteiger partial charge is 0.489 e. The van der Waals surface area contributed by atoms with Crippen LogP contribution in [0.2, 0.25) is 0 Å². The summed E-state index contributed by atoms with van der Waals surface area (Å²) in [5.41, 5.74) is 0.350. The van der Waals surface area contributed by atoms with E-state index in [4.69, 9.17) is 10.0 Å². The van der Waals surface area contributed by atoms with Gasteiger partial charge in [0.1, 0.15) is 0 Å². The lowest BCUT2D eigenvalue weighted by Crippen LogP contribution is -2.30. The summed E-state index contributed by atoms with van der Waals surface area (Å²) in [6, 6.07) is 4.93. The Morgan fingerprint density at radius 2 is 1.93 bits per heavy atom. The summed E-state index contributed by atoms with van der Waals surface area (Å²) in [4.78, 5) is 0.505. The molecule has 2 rings (SSSR count). The monoisotopic (exact) mass is 226 g/mol. The van der Waals surface area contributed by atoms with Crippen molar-refractivity contribution in [1.82, 2.24) is 0 Å². The molecule has 0 radical (unpaired) electrons. The van der Waals surface area contributed by atoms with Crippen LogP contribution in [-0.4, -0.2) is 22.3 Å². The number of rotatable bonds is 1. The number of fused-ring (bicyclic) bond motifs is 1. The highest BCUT2D eigenvalue weighted by molar-refractivity contribution is 7.80. The summed E-state index contributed by atoms with van der Waals surface area (Å²) in [6.07, 6.45) is 0. The number of hydrogen-bond acceptors (Lipinski definition) is 5. The van der Waals surface area contributed by atoms with Crippen molar-refractivity contribution >= 4 is 46.6 Å². The van der Waals surface area contributed by atoms with Crippen LogP contribution in [-0.2, 0) is 0 Å². The van der Waals surface area contributed by atoms with E-state index >= 15 is 0 Å². The molecule has 0 saturated heterocycles. The zero-order valence-corrected chi connectivity index (χ0v) is 8.72. The molecular formula is C8H7BO3S2. The fourth-order valence-corrected chi connectivity index (χ4v) is 2.44. The number of aromatic hydroxyl groups is 1. The number of hydrogen-bond donors (Lipinski definition) is 4. The summed E-state index contributed by atoms with van der Waals surface area (Å²) in [7, 11) is -1.53. The molecule has 6 heteroatoms. The van der Waals surface area contributed by atoms with Crippen LogP contribution in [0.4, 0.5) is 0 Å². The van der Waals surface area contributed by atoms with E-state index in [-0.39, 0.29) is 5.06 Å². The molecule has 0 atom stereocenters. The predicted molar refractivity (Wildman–Crippen MR) is 60.6 cm³/mol. The van der Waals surface area contributed by atoms with E-state index in [1.807, 2.05) is 0 Å². The summed E-state index contributed by atoms with van der Waals surface area (Å²) in [5, 5.41) is 28.3. The first-order chi connectivity index (χ1) is 6.58. The van der Waals surface area contributed by atoms with E-state index < -0.39 is 7.12 Å². The van der Waals surface area contributed by atoms with Gasteiger partial charge in [0.05, 0.1) is 0 Å². The van der Waals surface area contributed by atoms with Gasteiger partial charge >= 0.3 is 7.12 Å². The van der Waals surface area contributed by atoms with Gasteiger partial charge in [0.15, 0.2) is 5.06 Å². The zero-order valence-electron chi connectivity index (χ0n) is 7.01. The van der Waals surface area contributed by atoms with Crippen molar-refractivity contribution in [2.24, 2.45) is 0 Å². The topological polar surface area (TPSA) is 60.7 Å². The van der Waals surface area contributed by atoms with Gasteiger partial charge in [-0.25, -0.2) is 0 Å². The molecule has 3 N–H and O–H groups in total. The van der Waals surface area contributed by atoms with E-state index in [9.17, 15) is 5.11 Å². The van der Waals surface area contributed by atoms with Crippen molar-refractivity contribution in [3.8, 4) is 5.06 Å². The van der Waals surface area contributed by atoms with Crippen molar-refractivity contribution < 1.29 is 15.2 Å². The fourth-order valence-electron chi connectivity index (χ4n) is 1.28. The zero-order chi connectivity index (χ0) is 10.3. The third kappa shape index (κ3) is 1.61. The Bertz CT molecular complexity index is 481. The minimum Gasteiger partial charge on any atom is -0.499 e. The van der Waals surface area contributed by atoms with Gasteiger partial charge in [0, 0.05) is 9.60 Å². The average molecular weight is 226 g/mol. The predicted octanol–water partition coefficient (Wildman–Crippen LogP) is 0.575. The molecule has 72 valence electrons. The van der Waals surface area contributed by atoms with Crippen molar-refractivity contribution in [3.05, 3.63) is 18.2 Å². The fraction of sp³-hybridized carbons (Fsp3) is 0. The Balaban J connectivity index is 2.70. The number of thiophene rings is 1. The molecule has 0 aliphatic rings. The SMILES string of the molecule is OB(O)c1cc2sc(O)cc2cc1S. The second kappa shape index (κ2) is 3.47. The van der Waals surface area contributed by atoms with Crippen molar-refractivity contribution in [1.29, 1.82) is 0 Å². The molecule has 1 aromatic carbocycles. The Morgan fingerprint density at radius 3 is 2.57 bits per heavy atom. The Morgan fingerprint density at radius 1 is 1.21 bits per heavy atom. The molecule has 3 nitrogen and oxygen atoms in total. The highest BCUT2D eigenvalue weighted by Crippen LogP contribution is 2.31. The molecule has 0 amide bonds. The third-order valence-electron chi connectivity index (χ3n) is 1.93. The quantitative estimate of drug-likeness (QED) is 0.425. The van der Waals surface area contributed by atoms with Gasteiger partial charge in [-0.15, -0.1) is 12.6 Å². The second-order valence-corrected chi connectivity index (χ2v) is 4.45. The summed E-state index contributed by atoms with van der Waals surface area (Å²) in [5.74, 6) is 0. The van der Waals surface area contributed by atoms with Crippen LogP contribution < -0.4 is 5.46 Å². The van der Waals surface area contributed by atoms with Gasteiger partial charge in [-0.1, -0.05) is 11.3 Å². The third-order valence-corrected chi connectivity index (χ3v) is 3.22. The maximum absolute atomic E-state index is 9.25. The lowest BCUT2D eigenvalue weighted by atomic mass is 9.80. The standard InChI is InChI=1S/C8H7BO3S2/c10-8-2-4-1-6(13)5(9(11)12)3-7(4)14-8/h1-3,10-13H. The minimum absolute atomic E-state index is 0.206. The van der Waals surface area contributed by atoms with Crippen LogP contribution in [0.5, 0.6) is 5.06 Å². The molecule has 0 saturated carbocycles. The Labute approximate surface area is 90.2 Å². The van der Waals surface area contributed by atoms with Gasteiger partial charge in [-0.05, 0) is 29.0 Å². The normalized spacial score (nSPS) is 10.8. The highest BCUT2D eigenvalue weighted by atomic mass is 32.1. The van der Waals surface area contributed by atoms with Crippen LogP contribution in [0, 0.1) is 0 Å². The van der Waals surface area contributed by atoms with E-state index in [1.54, 1.807) is 18.2 Å².